The number of aliphatic carboxylic acids is 1. The summed E-state index contributed by atoms with van der Waals surface area (Å²) in [5.41, 5.74) is 1.44. The summed E-state index contributed by atoms with van der Waals surface area (Å²) in [4.78, 5) is 11.1. The van der Waals surface area contributed by atoms with Gasteiger partial charge >= 0.3 is 5.97 Å². The molecule has 0 aliphatic carbocycles. The largest absolute Gasteiger partial charge is 0.492 e. The molecule has 26 heavy (non-hydrogen) atoms. The first-order valence-electron chi connectivity index (χ1n) is 8.51. The molecule has 0 radical (unpaired) electrons. The topological polar surface area (TPSA) is 55.8 Å². The molecule has 1 aromatic carbocycles. The van der Waals surface area contributed by atoms with Crippen molar-refractivity contribution in [3.8, 4) is 11.5 Å². The number of benzene rings is 1. The maximum absolute atomic E-state index is 14.1. The van der Waals surface area contributed by atoms with Crippen molar-refractivity contribution in [3.63, 3.8) is 0 Å². The molecule has 1 heterocycles. The molecule has 2 rings (SSSR count). The van der Waals surface area contributed by atoms with Gasteiger partial charge in [0.25, 0.3) is 0 Å². The van der Waals surface area contributed by atoms with Crippen molar-refractivity contribution < 1.29 is 23.8 Å². The molecular formula is C20H24ClFO4. The zero-order chi connectivity index (χ0) is 19.8. The molecule has 0 amide bonds. The first-order valence-corrected chi connectivity index (χ1v) is 8.89. The van der Waals surface area contributed by atoms with Crippen LogP contribution in [0.1, 0.15) is 52.7 Å². The molecule has 1 N–H and O–H groups in total. The Balaban J connectivity index is 2.85. The number of carboxylic acid groups (broad SMARTS) is 1. The van der Waals surface area contributed by atoms with E-state index in [1.807, 2.05) is 33.8 Å². The maximum atomic E-state index is 14.1. The van der Waals surface area contributed by atoms with Crippen molar-refractivity contribution in [2.45, 2.75) is 47.1 Å². The maximum Gasteiger partial charge on any atom is 0.365 e. The Morgan fingerprint density at radius 3 is 2.54 bits per heavy atom. The van der Waals surface area contributed by atoms with Crippen LogP contribution in [0.5, 0.6) is 11.5 Å². The van der Waals surface area contributed by atoms with Gasteiger partial charge in [0.05, 0.1) is 6.61 Å². The number of hydrogen-bond donors (Lipinski definition) is 1. The van der Waals surface area contributed by atoms with Crippen molar-refractivity contribution in [1.82, 2.24) is 0 Å². The Morgan fingerprint density at radius 2 is 2.04 bits per heavy atom. The van der Waals surface area contributed by atoms with Crippen LogP contribution < -0.4 is 9.47 Å². The van der Waals surface area contributed by atoms with Gasteiger partial charge in [0.2, 0.25) is 5.83 Å². The smallest absolute Gasteiger partial charge is 0.365 e. The van der Waals surface area contributed by atoms with E-state index in [4.69, 9.17) is 26.2 Å². The number of carboxylic acids is 1. The molecule has 0 unspecified atom stereocenters. The predicted molar refractivity (Wildman–Crippen MR) is 101 cm³/mol. The highest BCUT2D eigenvalue weighted by Gasteiger charge is 2.33. The summed E-state index contributed by atoms with van der Waals surface area (Å²) in [5, 5.41) is 9.23. The van der Waals surface area contributed by atoms with Gasteiger partial charge in [-0.15, -0.1) is 0 Å². The van der Waals surface area contributed by atoms with Gasteiger partial charge in [-0.3, -0.25) is 0 Å². The van der Waals surface area contributed by atoms with E-state index >= 15 is 0 Å². The second kappa shape index (κ2) is 7.31. The zero-order valence-corrected chi connectivity index (χ0v) is 16.6. The second-order valence-electron chi connectivity index (χ2n) is 7.08. The van der Waals surface area contributed by atoms with Gasteiger partial charge in [0.15, 0.2) is 5.75 Å². The monoisotopic (exact) mass is 382 g/mol. The molecule has 6 heteroatoms. The molecule has 1 aliphatic heterocycles. The van der Waals surface area contributed by atoms with E-state index in [0.717, 1.165) is 11.1 Å². The van der Waals surface area contributed by atoms with Crippen LogP contribution in [-0.2, 0) is 4.79 Å². The third-order valence-electron chi connectivity index (χ3n) is 4.19. The Bertz CT molecular complexity index is 807. The predicted octanol–water partition coefficient (Wildman–Crippen LogP) is 5.73. The van der Waals surface area contributed by atoms with E-state index < -0.39 is 17.4 Å². The van der Waals surface area contributed by atoms with Gasteiger partial charge in [0, 0.05) is 16.7 Å². The fraction of sp³-hybridized carbons (Fsp3) is 0.450. The van der Waals surface area contributed by atoms with Crippen LogP contribution in [0.25, 0.3) is 11.1 Å². The van der Waals surface area contributed by atoms with Gasteiger partial charge in [-0.1, -0.05) is 25.4 Å². The molecule has 0 spiro atoms. The van der Waals surface area contributed by atoms with Crippen LogP contribution >= 0.6 is 11.6 Å². The average Bonchev–Trinajstić information content (AvgIpc) is 2.55. The second-order valence-corrected chi connectivity index (χ2v) is 7.46. The van der Waals surface area contributed by atoms with Crippen molar-refractivity contribution in [1.29, 1.82) is 0 Å². The summed E-state index contributed by atoms with van der Waals surface area (Å²) >= 11 is 6.57. The van der Waals surface area contributed by atoms with Crippen molar-refractivity contribution in [2.24, 2.45) is 5.92 Å². The van der Waals surface area contributed by atoms with Gasteiger partial charge in [-0.2, -0.15) is 4.39 Å². The quantitative estimate of drug-likeness (QED) is 0.660. The van der Waals surface area contributed by atoms with Gasteiger partial charge in [-0.25, -0.2) is 4.79 Å². The summed E-state index contributed by atoms with van der Waals surface area (Å²) in [6.07, 6.45) is 2.01. The first-order chi connectivity index (χ1) is 12.0. The number of hydrogen-bond acceptors (Lipinski definition) is 3. The van der Waals surface area contributed by atoms with E-state index in [-0.39, 0.29) is 22.3 Å². The Labute approximate surface area is 158 Å². The average molecular weight is 383 g/mol. The van der Waals surface area contributed by atoms with E-state index in [2.05, 4.69) is 0 Å². The van der Waals surface area contributed by atoms with Crippen LogP contribution in [0.15, 0.2) is 18.0 Å². The van der Waals surface area contributed by atoms with Crippen molar-refractivity contribution in [3.05, 3.63) is 34.1 Å². The molecule has 1 aliphatic rings. The Morgan fingerprint density at radius 1 is 1.42 bits per heavy atom. The third-order valence-corrected chi connectivity index (χ3v) is 4.53. The van der Waals surface area contributed by atoms with E-state index in [9.17, 15) is 9.18 Å². The fourth-order valence-electron chi connectivity index (χ4n) is 2.99. The molecule has 1 aromatic rings. The highest BCUT2D eigenvalue weighted by atomic mass is 35.5. The van der Waals surface area contributed by atoms with Gasteiger partial charge < -0.3 is 14.6 Å². The fourth-order valence-corrected chi connectivity index (χ4v) is 3.29. The molecule has 142 valence electrons. The molecule has 0 fully saturated rings. The number of fused-ring (bicyclic) bond motifs is 1. The van der Waals surface area contributed by atoms with Crippen LogP contribution in [-0.4, -0.2) is 23.3 Å². The SMILES string of the molecule is CCOc1c(C(C)=C(F)C(=O)O)cc2c(c1Cl)OC(C)(C)C=C2C(C)C. The number of ether oxygens (including phenoxy) is 2. The van der Waals surface area contributed by atoms with E-state index in [1.165, 1.54) is 6.92 Å². The Hall–Kier alpha value is -2.01. The number of rotatable bonds is 5. The normalized spacial score (nSPS) is 16.4. The molecule has 0 saturated heterocycles. The van der Waals surface area contributed by atoms with Crippen molar-refractivity contribution in [2.75, 3.05) is 6.61 Å². The lowest BCUT2D eigenvalue weighted by Crippen LogP contribution is -2.30. The molecule has 0 atom stereocenters. The molecule has 0 aromatic heterocycles. The lowest BCUT2D eigenvalue weighted by Gasteiger charge is -2.34. The van der Waals surface area contributed by atoms with E-state index in [1.54, 1.807) is 13.0 Å². The lowest BCUT2D eigenvalue weighted by molar-refractivity contribution is -0.134. The summed E-state index contributed by atoms with van der Waals surface area (Å²) in [6.45, 7) is 11.4. The highest BCUT2D eigenvalue weighted by molar-refractivity contribution is 6.34. The summed E-state index contributed by atoms with van der Waals surface area (Å²) in [6, 6.07) is 1.70. The first kappa shape index (κ1) is 20.3. The minimum Gasteiger partial charge on any atom is -0.492 e. The molecule has 0 saturated carbocycles. The van der Waals surface area contributed by atoms with Crippen LogP contribution in [0, 0.1) is 5.92 Å². The molecule has 4 nitrogen and oxygen atoms in total. The van der Waals surface area contributed by atoms with Crippen LogP contribution in [0.4, 0.5) is 4.39 Å². The van der Waals surface area contributed by atoms with Gasteiger partial charge in [0.1, 0.15) is 16.4 Å². The van der Waals surface area contributed by atoms with Crippen LogP contribution in [0.2, 0.25) is 5.02 Å². The van der Waals surface area contributed by atoms with Crippen molar-refractivity contribution >= 4 is 28.7 Å². The summed E-state index contributed by atoms with van der Waals surface area (Å²) in [5.74, 6) is -2.00. The van der Waals surface area contributed by atoms with Crippen LogP contribution in [0.3, 0.4) is 0 Å². The molecular weight excluding hydrogens is 359 g/mol. The zero-order valence-electron chi connectivity index (χ0n) is 15.9. The number of halogens is 2. The van der Waals surface area contributed by atoms with Gasteiger partial charge in [-0.05, 0) is 51.3 Å². The summed E-state index contributed by atoms with van der Waals surface area (Å²) < 4.78 is 25.8. The number of allylic oxidation sites excluding steroid dienone is 2. The standard InChI is InChI=1S/C20H24ClFO4/c1-7-25-17-12(11(4)16(22)19(23)24)8-13-14(10(2)3)9-20(5,6)26-18(13)15(17)21/h8-10H,7H2,1-6H3,(H,23,24). The van der Waals surface area contributed by atoms with E-state index in [0.29, 0.717) is 17.9 Å². The lowest BCUT2D eigenvalue weighted by atomic mass is 9.86. The minimum atomic E-state index is -1.63. The molecule has 0 bridgehead atoms. The summed E-state index contributed by atoms with van der Waals surface area (Å²) in [7, 11) is 0. The third kappa shape index (κ3) is 3.73. The Kier molecular flexibility index (Phi) is 5.71. The minimum absolute atomic E-state index is 0.0430. The highest BCUT2D eigenvalue weighted by Crippen LogP contribution is 2.50. The number of carbonyl (C=O) groups is 1.